The Morgan fingerprint density at radius 2 is 2.00 bits per heavy atom. The molecule has 0 radical (unpaired) electrons. The largest absolute Gasteiger partial charge is 0.462 e. The normalized spacial score (nSPS) is 14.7. The Hall–Kier alpha value is -1.95. The van der Waals surface area contributed by atoms with Crippen LogP contribution in [-0.2, 0) is 16.1 Å². The van der Waals surface area contributed by atoms with Gasteiger partial charge in [-0.15, -0.1) is 0 Å². The summed E-state index contributed by atoms with van der Waals surface area (Å²) in [6, 6.07) is 3.39. The third kappa shape index (κ3) is 5.30. The molecule has 1 saturated heterocycles. The molecule has 0 unspecified atom stereocenters. The molecule has 0 spiro atoms. The summed E-state index contributed by atoms with van der Waals surface area (Å²) < 4.78 is 5.02. The highest BCUT2D eigenvalue weighted by Gasteiger charge is 2.19. The maximum absolute atomic E-state index is 12.4. The Morgan fingerprint density at radius 1 is 1.25 bits per heavy atom. The maximum atomic E-state index is 12.4. The van der Waals surface area contributed by atoms with Crippen molar-refractivity contribution in [2.24, 2.45) is 0 Å². The van der Waals surface area contributed by atoms with Gasteiger partial charge in [0.25, 0.3) is 0 Å². The second-order valence-electron chi connectivity index (χ2n) is 6.00. The van der Waals surface area contributed by atoms with Gasteiger partial charge in [0, 0.05) is 25.8 Å². The zero-order valence-electron chi connectivity index (χ0n) is 14.7. The van der Waals surface area contributed by atoms with Crippen molar-refractivity contribution < 1.29 is 14.3 Å². The van der Waals surface area contributed by atoms with E-state index in [9.17, 15) is 9.59 Å². The van der Waals surface area contributed by atoms with Crippen LogP contribution in [0.15, 0.2) is 18.3 Å². The van der Waals surface area contributed by atoms with Gasteiger partial charge in [-0.1, -0.05) is 6.92 Å². The van der Waals surface area contributed by atoms with Crippen LogP contribution in [0, 0.1) is 0 Å². The highest BCUT2D eigenvalue weighted by atomic mass is 16.5. The summed E-state index contributed by atoms with van der Waals surface area (Å²) >= 11 is 0. The van der Waals surface area contributed by atoms with Crippen molar-refractivity contribution in [2.75, 3.05) is 32.8 Å². The summed E-state index contributed by atoms with van der Waals surface area (Å²) in [5.74, 6) is -0.160. The predicted molar refractivity (Wildman–Crippen MR) is 91.6 cm³/mol. The van der Waals surface area contributed by atoms with E-state index in [-0.39, 0.29) is 11.9 Å². The first kappa shape index (κ1) is 18.4. The van der Waals surface area contributed by atoms with E-state index in [2.05, 4.69) is 4.98 Å². The van der Waals surface area contributed by atoms with Crippen LogP contribution >= 0.6 is 0 Å². The number of likely N-dealkylation sites (N-methyl/N-ethyl adjacent to an activating group) is 1. The highest BCUT2D eigenvalue weighted by Crippen LogP contribution is 2.11. The molecular formula is C18H27N3O3. The first-order valence-corrected chi connectivity index (χ1v) is 8.76. The minimum Gasteiger partial charge on any atom is -0.462 e. The molecule has 1 aliphatic heterocycles. The fourth-order valence-corrected chi connectivity index (χ4v) is 2.85. The van der Waals surface area contributed by atoms with Crippen molar-refractivity contribution >= 4 is 11.9 Å². The number of amides is 1. The summed E-state index contributed by atoms with van der Waals surface area (Å²) in [6.07, 6.45) is 5.02. The molecule has 6 nitrogen and oxygen atoms in total. The average Bonchev–Trinajstić information content (AvgIpc) is 2.62. The van der Waals surface area contributed by atoms with Crippen LogP contribution < -0.4 is 0 Å². The van der Waals surface area contributed by atoms with E-state index in [0.717, 1.165) is 38.2 Å². The lowest BCUT2D eigenvalue weighted by molar-refractivity contribution is -0.133. The Morgan fingerprint density at radius 3 is 2.67 bits per heavy atom. The van der Waals surface area contributed by atoms with Crippen LogP contribution in [0.5, 0.6) is 0 Å². The van der Waals surface area contributed by atoms with Crippen LogP contribution in [-0.4, -0.2) is 59.4 Å². The lowest BCUT2D eigenvalue weighted by atomic mass is 10.1. The third-order valence-electron chi connectivity index (χ3n) is 4.23. The number of ether oxygens (including phenoxy) is 1. The molecule has 1 fully saturated rings. The zero-order valence-corrected chi connectivity index (χ0v) is 14.7. The van der Waals surface area contributed by atoms with Gasteiger partial charge in [-0.2, -0.15) is 0 Å². The summed E-state index contributed by atoms with van der Waals surface area (Å²) in [5, 5.41) is 0. The molecule has 1 amide bonds. The van der Waals surface area contributed by atoms with Gasteiger partial charge >= 0.3 is 5.97 Å². The number of piperidine rings is 1. The van der Waals surface area contributed by atoms with Gasteiger partial charge in [0.1, 0.15) is 0 Å². The van der Waals surface area contributed by atoms with Gasteiger partial charge < -0.3 is 9.64 Å². The number of carbonyl (C=O) groups is 2. The molecule has 0 aliphatic carbocycles. The van der Waals surface area contributed by atoms with Crippen molar-refractivity contribution in [3.63, 3.8) is 0 Å². The van der Waals surface area contributed by atoms with Gasteiger partial charge in [-0.3, -0.25) is 14.7 Å². The highest BCUT2D eigenvalue weighted by molar-refractivity contribution is 5.89. The summed E-state index contributed by atoms with van der Waals surface area (Å²) in [4.78, 5) is 32.5. The third-order valence-corrected chi connectivity index (χ3v) is 4.23. The second-order valence-corrected chi connectivity index (χ2v) is 6.00. The zero-order chi connectivity index (χ0) is 17.4. The number of hydrogen-bond donors (Lipinski definition) is 0. The second kappa shape index (κ2) is 9.37. The number of carbonyl (C=O) groups excluding carboxylic acids is 2. The van der Waals surface area contributed by atoms with E-state index < -0.39 is 0 Å². The number of rotatable bonds is 7. The van der Waals surface area contributed by atoms with Crippen molar-refractivity contribution in [1.29, 1.82) is 0 Å². The van der Waals surface area contributed by atoms with E-state index in [1.807, 2.05) is 16.7 Å². The molecule has 132 valence electrons. The standard InChI is InChI=1S/C18H27N3O3/c1-3-20(14-17(22)21-10-6-5-7-11-21)13-16-12-15(8-9-19-16)18(23)24-4-2/h8-9,12H,3-7,10-11,13-14H2,1-2H3. The molecule has 0 saturated carbocycles. The lowest BCUT2D eigenvalue weighted by Gasteiger charge is -2.29. The van der Waals surface area contributed by atoms with Gasteiger partial charge in [-0.05, 0) is 44.9 Å². The van der Waals surface area contributed by atoms with E-state index in [1.54, 1.807) is 25.3 Å². The fraction of sp³-hybridized carbons (Fsp3) is 0.611. The van der Waals surface area contributed by atoms with E-state index in [4.69, 9.17) is 4.74 Å². The molecule has 1 aliphatic rings. The monoisotopic (exact) mass is 333 g/mol. The van der Waals surface area contributed by atoms with Crippen LogP contribution in [0.3, 0.4) is 0 Å². The van der Waals surface area contributed by atoms with Gasteiger partial charge in [0.2, 0.25) is 5.91 Å². The van der Waals surface area contributed by atoms with Crippen LogP contribution in [0.1, 0.15) is 49.2 Å². The molecule has 2 heterocycles. The van der Waals surface area contributed by atoms with Gasteiger partial charge in [-0.25, -0.2) is 4.79 Å². The summed E-state index contributed by atoms with van der Waals surface area (Å²) in [6.45, 7) is 7.58. The molecule has 1 aromatic heterocycles. The van der Waals surface area contributed by atoms with Crippen molar-refractivity contribution in [3.05, 3.63) is 29.6 Å². The van der Waals surface area contributed by atoms with Gasteiger partial charge in [0.05, 0.1) is 24.4 Å². The fourth-order valence-electron chi connectivity index (χ4n) is 2.85. The van der Waals surface area contributed by atoms with Crippen LogP contribution in [0.25, 0.3) is 0 Å². The molecule has 0 bridgehead atoms. The lowest BCUT2D eigenvalue weighted by Crippen LogP contribution is -2.42. The number of nitrogens with zero attached hydrogens (tertiary/aromatic N) is 3. The summed E-state index contributed by atoms with van der Waals surface area (Å²) in [7, 11) is 0. The molecule has 2 rings (SSSR count). The van der Waals surface area contributed by atoms with Crippen molar-refractivity contribution in [1.82, 2.24) is 14.8 Å². The number of hydrogen-bond acceptors (Lipinski definition) is 5. The number of esters is 1. The number of pyridine rings is 1. The Balaban J connectivity index is 1.95. The van der Waals surface area contributed by atoms with Crippen LogP contribution in [0.2, 0.25) is 0 Å². The quantitative estimate of drug-likeness (QED) is 0.715. The number of likely N-dealkylation sites (tertiary alicyclic amines) is 1. The van der Waals surface area contributed by atoms with Crippen molar-refractivity contribution in [3.8, 4) is 0 Å². The SMILES string of the molecule is CCOC(=O)c1ccnc(CN(CC)CC(=O)N2CCCCC2)c1. The molecule has 0 N–H and O–H groups in total. The van der Waals surface area contributed by atoms with E-state index in [0.29, 0.717) is 25.3 Å². The molecular weight excluding hydrogens is 306 g/mol. The topological polar surface area (TPSA) is 62.7 Å². The van der Waals surface area contributed by atoms with E-state index in [1.165, 1.54) is 6.42 Å². The first-order valence-electron chi connectivity index (χ1n) is 8.76. The van der Waals surface area contributed by atoms with Crippen LogP contribution in [0.4, 0.5) is 0 Å². The Bertz CT molecular complexity index is 556. The number of aromatic nitrogens is 1. The molecule has 0 atom stereocenters. The Kier molecular flexibility index (Phi) is 7.18. The predicted octanol–water partition coefficient (Wildman–Crippen LogP) is 2.09. The van der Waals surface area contributed by atoms with Gasteiger partial charge in [0.15, 0.2) is 0 Å². The van der Waals surface area contributed by atoms with E-state index >= 15 is 0 Å². The maximum Gasteiger partial charge on any atom is 0.338 e. The minimum atomic E-state index is -0.339. The van der Waals surface area contributed by atoms with Crippen molar-refractivity contribution in [2.45, 2.75) is 39.7 Å². The molecule has 0 aromatic carbocycles. The minimum absolute atomic E-state index is 0.179. The average molecular weight is 333 g/mol. The summed E-state index contributed by atoms with van der Waals surface area (Å²) in [5.41, 5.74) is 1.27. The smallest absolute Gasteiger partial charge is 0.338 e. The molecule has 1 aromatic rings. The molecule has 6 heteroatoms. The first-order chi connectivity index (χ1) is 11.6. The Labute approximate surface area is 143 Å². The molecule has 24 heavy (non-hydrogen) atoms.